The lowest BCUT2D eigenvalue weighted by atomic mass is 10.1. The van der Waals surface area contributed by atoms with E-state index >= 15 is 0 Å². The van der Waals surface area contributed by atoms with E-state index in [9.17, 15) is 14.4 Å². The van der Waals surface area contributed by atoms with Gasteiger partial charge in [0, 0.05) is 6.54 Å². The van der Waals surface area contributed by atoms with Gasteiger partial charge in [-0.25, -0.2) is 4.79 Å². The van der Waals surface area contributed by atoms with Crippen molar-refractivity contribution in [3.63, 3.8) is 0 Å². The van der Waals surface area contributed by atoms with Gasteiger partial charge in [0.15, 0.2) is 0 Å². The van der Waals surface area contributed by atoms with Gasteiger partial charge in [-0.15, -0.1) is 0 Å². The van der Waals surface area contributed by atoms with Gasteiger partial charge in [-0.05, 0) is 39.2 Å². The van der Waals surface area contributed by atoms with Gasteiger partial charge in [0.05, 0.1) is 13.0 Å². The van der Waals surface area contributed by atoms with Gasteiger partial charge in [-0.1, -0.05) is 30.3 Å². The number of benzene rings is 1. The van der Waals surface area contributed by atoms with Crippen LogP contribution in [0.1, 0.15) is 45.6 Å². The van der Waals surface area contributed by atoms with Gasteiger partial charge in [0.1, 0.15) is 17.7 Å². The summed E-state index contributed by atoms with van der Waals surface area (Å²) in [5.74, 6) is -0.756. The molecule has 8 heteroatoms. The van der Waals surface area contributed by atoms with Crippen molar-refractivity contribution >= 4 is 18.0 Å². The first-order valence-electron chi connectivity index (χ1n) is 9.88. The average Bonchev–Trinajstić information content (AvgIpc) is 3.26. The quantitative estimate of drug-likeness (QED) is 0.757. The second kappa shape index (κ2) is 8.82. The Morgan fingerprint density at radius 3 is 2.66 bits per heavy atom. The number of hydrogen-bond donors (Lipinski definition) is 1. The Labute approximate surface area is 170 Å². The Hall–Kier alpha value is -2.61. The third-order valence-electron chi connectivity index (χ3n) is 4.73. The molecule has 2 aliphatic rings. The van der Waals surface area contributed by atoms with Crippen LogP contribution in [-0.2, 0) is 30.4 Å². The lowest BCUT2D eigenvalue weighted by Crippen LogP contribution is -2.51. The van der Waals surface area contributed by atoms with Gasteiger partial charge < -0.3 is 19.5 Å². The Balaban J connectivity index is 1.58. The molecule has 2 aliphatic heterocycles. The van der Waals surface area contributed by atoms with Gasteiger partial charge in [0.25, 0.3) is 0 Å². The molecule has 1 aromatic carbocycles. The third-order valence-corrected chi connectivity index (χ3v) is 4.73. The fraction of sp³-hybridized carbons (Fsp3) is 0.571. The van der Waals surface area contributed by atoms with Crippen LogP contribution < -0.4 is 5.32 Å². The van der Waals surface area contributed by atoms with Gasteiger partial charge >= 0.3 is 12.1 Å². The molecule has 1 aromatic rings. The summed E-state index contributed by atoms with van der Waals surface area (Å²) in [7, 11) is 0. The molecule has 0 bridgehead atoms. The standard InChI is InChI=1S/C21H28N2O6/c1-21(2,3)29-20(26)23-11-7-10-16(23)18(25)22-15-12-17(24)28-19(15)27-13-14-8-5-4-6-9-14/h4-6,8-9,15-16,19H,7,10-13H2,1-3H3,(H,22,25)/t15?,16-,19?/m1/s1. The zero-order valence-corrected chi connectivity index (χ0v) is 17.1. The number of amides is 2. The van der Waals surface area contributed by atoms with Crippen LogP contribution in [-0.4, -0.2) is 53.4 Å². The molecule has 29 heavy (non-hydrogen) atoms. The van der Waals surface area contributed by atoms with Crippen LogP contribution in [0.5, 0.6) is 0 Å². The molecule has 2 unspecified atom stereocenters. The monoisotopic (exact) mass is 404 g/mol. The van der Waals surface area contributed by atoms with E-state index in [-0.39, 0.29) is 18.9 Å². The highest BCUT2D eigenvalue weighted by molar-refractivity contribution is 5.87. The maximum atomic E-state index is 12.8. The molecular weight excluding hydrogens is 376 g/mol. The van der Waals surface area contributed by atoms with Crippen LogP contribution in [0.4, 0.5) is 4.79 Å². The molecule has 2 heterocycles. The second-order valence-electron chi connectivity index (χ2n) is 8.31. The second-order valence-corrected chi connectivity index (χ2v) is 8.31. The number of nitrogens with zero attached hydrogens (tertiary/aromatic N) is 1. The summed E-state index contributed by atoms with van der Waals surface area (Å²) in [5, 5.41) is 2.83. The van der Waals surface area contributed by atoms with Gasteiger partial charge in [-0.2, -0.15) is 0 Å². The SMILES string of the molecule is CC(C)(C)OC(=O)N1CCC[C@@H]1C(=O)NC1CC(=O)OC1OCc1ccccc1. The van der Waals surface area contributed by atoms with Crippen molar-refractivity contribution in [1.82, 2.24) is 10.2 Å². The summed E-state index contributed by atoms with van der Waals surface area (Å²) < 4.78 is 16.3. The van der Waals surface area contributed by atoms with E-state index < -0.39 is 36.0 Å². The molecule has 1 N–H and O–H groups in total. The number of nitrogens with one attached hydrogen (secondary N) is 1. The van der Waals surface area contributed by atoms with Crippen LogP contribution in [0.15, 0.2) is 30.3 Å². The Kier molecular flexibility index (Phi) is 6.42. The summed E-state index contributed by atoms with van der Waals surface area (Å²) in [6.45, 7) is 6.07. The van der Waals surface area contributed by atoms with Gasteiger partial charge in [-0.3, -0.25) is 14.5 Å². The molecular formula is C21H28N2O6. The summed E-state index contributed by atoms with van der Waals surface area (Å²) in [6.07, 6.45) is -0.0773. The van der Waals surface area contributed by atoms with Crippen molar-refractivity contribution in [2.45, 2.75) is 70.6 Å². The molecule has 0 saturated carbocycles. The number of carbonyl (C=O) groups excluding carboxylic acids is 3. The van der Waals surface area contributed by atoms with E-state index in [0.29, 0.717) is 19.4 Å². The highest BCUT2D eigenvalue weighted by Crippen LogP contribution is 2.23. The summed E-state index contributed by atoms with van der Waals surface area (Å²) in [6, 6.07) is 8.27. The molecule has 0 aliphatic carbocycles. The molecule has 0 aromatic heterocycles. The summed E-state index contributed by atoms with van der Waals surface area (Å²) in [5.41, 5.74) is 0.301. The van der Waals surface area contributed by atoms with Crippen molar-refractivity contribution in [3.8, 4) is 0 Å². The Morgan fingerprint density at radius 2 is 1.97 bits per heavy atom. The summed E-state index contributed by atoms with van der Waals surface area (Å²) in [4.78, 5) is 38.4. The number of carbonyl (C=O) groups is 3. The number of rotatable bonds is 5. The van der Waals surface area contributed by atoms with E-state index in [2.05, 4.69) is 5.32 Å². The van der Waals surface area contributed by atoms with Crippen LogP contribution in [0.25, 0.3) is 0 Å². The maximum Gasteiger partial charge on any atom is 0.410 e. The van der Waals surface area contributed by atoms with E-state index in [1.165, 1.54) is 4.90 Å². The van der Waals surface area contributed by atoms with Gasteiger partial charge in [0.2, 0.25) is 12.2 Å². The molecule has 2 saturated heterocycles. The van der Waals surface area contributed by atoms with Crippen molar-refractivity contribution in [2.24, 2.45) is 0 Å². The fourth-order valence-electron chi connectivity index (χ4n) is 3.41. The lowest BCUT2D eigenvalue weighted by Gasteiger charge is -2.29. The van der Waals surface area contributed by atoms with Crippen LogP contribution in [0.2, 0.25) is 0 Å². The topological polar surface area (TPSA) is 94.2 Å². The minimum atomic E-state index is -0.858. The van der Waals surface area contributed by atoms with Crippen molar-refractivity contribution < 1.29 is 28.6 Å². The molecule has 0 spiro atoms. The van der Waals surface area contributed by atoms with E-state index in [1.54, 1.807) is 20.8 Å². The average molecular weight is 404 g/mol. The number of hydrogen-bond acceptors (Lipinski definition) is 6. The fourth-order valence-corrected chi connectivity index (χ4v) is 3.41. The maximum absolute atomic E-state index is 12.8. The minimum absolute atomic E-state index is 0.0321. The Morgan fingerprint density at radius 1 is 1.24 bits per heavy atom. The predicted octanol–water partition coefficient (Wildman–Crippen LogP) is 2.36. The highest BCUT2D eigenvalue weighted by Gasteiger charge is 2.41. The zero-order valence-electron chi connectivity index (χ0n) is 17.1. The van der Waals surface area contributed by atoms with Crippen LogP contribution in [0, 0.1) is 0 Å². The molecule has 3 atom stereocenters. The van der Waals surface area contributed by atoms with E-state index in [0.717, 1.165) is 5.56 Å². The van der Waals surface area contributed by atoms with Crippen LogP contribution in [0.3, 0.4) is 0 Å². The normalized spacial score (nSPS) is 24.3. The smallest absolute Gasteiger partial charge is 0.410 e. The lowest BCUT2D eigenvalue weighted by molar-refractivity contribution is -0.168. The Bertz CT molecular complexity index is 745. The minimum Gasteiger partial charge on any atom is -0.444 e. The van der Waals surface area contributed by atoms with E-state index in [4.69, 9.17) is 14.2 Å². The predicted molar refractivity (Wildman–Crippen MR) is 104 cm³/mol. The number of esters is 1. The molecule has 2 fully saturated rings. The highest BCUT2D eigenvalue weighted by atomic mass is 16.7. The van der Waals surface area contributed by atoms with Crippen molar-refractivity contribution in [3.05, 3.63) is 35.9 Å². The van der Waals surface area contributed by atoms with Crippen LogP contribution >= 0.6 is 0 Å². The molecule has 158 valence electrons. The third kappa shape index (κ3) is 5.69. The first kappa shape index (κ1) is 21.1. The molecule has 8 nitrogen and oxygen atoms in total. The summed E-state index contributed by atoms with van der Waals surface area (Å²) >= 11 is 0. The van der Waals surface area contributed by atoms with E-state index in [1.807, 2.05) is 30.3 Å². The molecule has 2 amide bonds. The number of cyclic esters (lactones) is 1. The molecule has 3 rings (SSSR count). The van der Waals surface area contributed by atoms with Crippen molar-refractivity contribution in [2.75, 3.05) is 6.54 Å². The number of ether oxygens (including phenoxy) is 3. The van der Waals surface area contributed by atoms with Crippen molar-refractivity contribution in [1.29, 1.82) is 0 Å². The first-order chi connectivity index (χ1) is 13.7. The zero-order chi connectivity index (χ0) is 21.0. The number of likely N-dealkylation sites (tertiary alicyclic amines) is 1. The first-order valence-corrected chi connectivity index (χ1v) is 9.88. The molecule has 0 radical (unpaired) electrons. The largest absolute Gasteiger partial charge is 0.444 e.